The maximum atomic E-state index is 12.4. The summed E-state index contributed by atoms with van der Waals surface area (Å²) < 4.78 is 35.5. The van der Waals surface area contributed by atoms with Crippen LogP contribution in [0.3, 0.4) is 0 Å². The molecule has 218 valence electrons. The zero-order valence-electron chi connectivity index (χ0n) is 23.2. The number of benzene rings is 1. The maximum absolute atomic E-state index is 12.4. The molecule has 3 aromatic rings. The Hall–Kier alpha value is -3.55. The highest BCUT2D eigenvalue weighted by molar-refractivity contribution is 7.92. The van der Waals surface area contributed by atoms with Crippen molar-refractivity contribution in [3.8, 4) is 17.1 Å². The average Bonchev–Trinajstić information content (AvgIpc) is 3.46. The smallest absolute Gasteiger partial charge is 0.234 e. The molecule has 0 spiro atoms. The number of anilines is 3. The van der Waals surface area contributed by atoms with Crippen molar-refractivity contribution in [3.63, 3.8) is 0 Å². The summed E-state index contributed by atoms with van der Waals surface area (Å²) in [7, 11) is -3.68. The van der Waals surface area contributed by atoms with Crippen LogP contribution in [0.25, 0.3) is 17.1 Å². The molecule has 2 N–H and O–H groups in total. The van der Waals surface area contributed by atoms with Crippen LogP contribution in [-0.4, -0.2) is 89.2 Å². The van der Waals surface area contributed by atoms with Crippen LogP contribution in [0.4, 0.5) is 17.3 Å². The monoisotopic (exact) mass is 580 g/mol. The van der Waals surface area contributed by atoms with Crippen LogP contribution in [-0.2, 0) is 14.8 Å². The predicted octanol–water partition coefficient (Wildman–Crippen LogP) is 2.62. The average molecular weight is 581 g/mol. The van der Waals surface area contributed by atoms with Crippen molar-refractivity contribution in [2.24, 2.45) is 5.92 Å². The normalized spacial score (nSPS) is 23.7. The third-order valence-electron chi connectivity index (χ3n) is 8.09. The lowest BCUT2D eigenvalue weighted by atomic mass is 9.92. The number of nitrogens with one attached hydrogen (secondary N) is 1. The Morgan fingerprint density at radius 2 is 1.98 bits per heavy atom. The summed E-state index contributed by atoms with van der Waals surface area (Å²) in [4.78, 5) is 13.8. The highest BCUT2D eigenvalue weighted by Crippen LogP contribution is 2.35. The number of rotatable bonds is 4. The summed E-state index contributed by atoms with van der Waals surface area (Å²) in [6.07, 6.45) is 11.9. The van der Waals surface area contributed by atoms with Crippen molar-refractivity contribution in [2.75, 3.05) is 59.7 Å². The van der Waals surface area contributed by atoms with E-state index in [1.807, 2.05) is 24.4 Å². The second-order valence-corrected chi connectivity index (χ2v) is 13.0. The molecule has 8 bridgehead atoms. The Balaban J connectivity index is 1.39. The van der Waals surface area contributed by atoms with Crippen LogP contribution < -0.4 is 14.5 Å². The predicted molar refractivity (Wildman–Crippen MR) is 157 cm³/mol. The number of hydrogen-bond donors (Lipinski definition) is 2. The number of aromatic nitrogens is 5. The second kappa shape index (κ2) is 11.4. The van der Waals surface area contributed by atoms with Crippen molar-refractivity contribution in [3.05, 3.63) is 48.8 Å². The minimum Gasteiger partial charge on any atom is -0.395 e. The zero-order chi connectivity index (χ0) is 28.5. The number of hydrogen-bond acceptors (Lipinski definition) is 10. The van der Waals surface area contributed by atoms with Crippen molar-refractivity contribution < 1.29 is 18.3 Å². The van der Waals surface area contributed by atoms with E-state index >= 15 is 0 Å². The van der Waals surface area contributed by atoms with E-state index in [-0.39, 0.29) is 11.4 Å². The molecule has 6 heterocycles. The summed E-state index contributed by atoms with van der Waals surface area (Å²) in [6, 6.07) is 7.19. The summed E-state index contributed by atoms with van der Waals surface area (Å²) in [5, 5.41) is 18.0. The summed E-state index contributed by atoms with van der Waals surface area (Å²) in [5.74, 6) is 0.723. The largest absolute Gasteiger partial charge is 0.395 e. The molecular weight excluding hydrogens is 544 g/mol. The van der Waals surface area contributed by atoms with Gasteiger partial charge in [-0.25, -0.2) is 23.1 Å². The van der Waals surface area contributed by atoms with E-state index in [1.165, 1.54) is 0 Å². The molecule has 1 unspecified atom stereocenters. The first-order valence-electron chi connectivity index (χ1n) is 14.1. The fourth-order valence-corrected chi connectivity index (χ4v) is 6.57. The highest BCUT2D eigenvalue weighted by atomic mass is 32.2. The van der Waals surface area contributed by atoms with Gasteiger partial charge in [0.25, 0.3) is 0 Å². The number of nitrogens with zero attached hydrogens (tertiary/aromatic N) is 7. The van der Waals surface area contributed by atoms with Gasteiger partial charge < -0.3 is 19.6 Å². The summed E-state index contributed by atoms with van der Waals surface area (Å²) in [6.45, 7) is 5.50. The van der Waals surface area contributed by atoms with Crippen LogP contribution in [0.1, 0.15) is 32.6 Å². The molecule has 41 heavy (non-hydrogen) atoms. The van der Waals surface area contributed by atoms with E-state index in [1.54, 1.807) is 16.9 Å². The van der Waals surface area contributed by atoms with Gasteiger partial charge in [-0.05, 0) is 62.8 Å². The van der Waals surface area contributed by atoms with Gasteiger partial charge in [0.1, 0.15) is 5.69 Å². The van der Waals surface area contributed by atoms with Gasteiger partial charge in [0.15, 0.2) is 0 Å². The Labute approximate surface area is 240 Å². The molecule has 0 saturated carbocycles. The molecule has 1 aromatic carbocycles. The SMILES string of the molecule is CC12CCN(CC1)c1cc(NS(=O)(=O)CCO)ccc1-n1cc(nn1)-c1ccnc(n1)N1CCCC(/C=C\CO2)C1. The minimum absolute atomic E-state index is 0.254. The van der Waals surface area contributed by atoms with Gasteiger partial charge in [0.05, 0.1) is 53.5 Å². The molecule has 2 fully saturated rings. The van der Waals surface area contributed by atoms with E-state index in [9.17, 15) is 8.42 Å². The molecule has 1 atom stereocenters. The number of aliphatic hydroxyl groups excluding tert-OH is 1. The molecule has 2 saturated heterocycles. The lowest BCUT2D eigenvalue weighted by Crippen LogP contribution is -2.44. The zero-order valence-corrected chi connectivity index (χ0v) is 24.0. The molecule has 13 heteroatoms. The van der Waals surface area contributed by atoms with Gasteiger partial charge >= 0.3 is 0 Å². The van der Waals surface area contributed by atoms with Crippen LogP contribution >= 0.6 is 0 Å². The third kappa shape index (κ3) is 6.21. The molecule has 2 aromatic heterocycles. The first-order chi connectivity index (χ1) is 19.8. The Morgan fingerprint density at radius 1 is 1.12 bits per heavy atom. The molecule has 0 radical (unpaired) electrons. The quantitative estimate of drug-likeness (QED) is 0.443. The maximum Gasteiger partial charge on any atom is 0.234 e. The number of ether oxygens (including phenoxy) is 1. The highest BCUT2D eigenvalue weighted by Gasteiger charge is 2.32. The first kappa shape index (κ1) is 27.6. The van der Waals surface area contributed by atoms with Gasteiger partial charge in [-0.1, -0.05) is 17.4 Å². The van der Waals surface area contributed by atoms with Crippen LogP contribution in [0.2, 0.25) is 0 Å². The molecule has 7 rings (SSSR count). The van der Waals surface area contributed by atoms with Crippen molar-refractivity contribution in [2.45, 2.75) is 38.2 Å². The van der Waals surface area contributed by atoms with E-state index in [2.05, 4.69) is 48.9 Å². The number of fused-ring (bicyclic) bond motifs is 4. The van der Waals surface area contributed by atoms with Gasteiger partial charge in [-0.15, -0.1) is 5.10 Å². The van der Waals surface area contributed by atoms with Gasteiger partial charge in [0.2, 0.25) is 16.0 Å². The Kier molecular flexibility index (Phi) is 7.66. The minimum atomic E-state index is -3.68. The molecule has 0 amide bonds. The Morgan fingerprint density at radius 3 is 2.80 bits per heavy atom. The second-order valence-electron chi connectivity index (χ2n) is 11.2. The van der Waals surface area contributed by atoms with E-state index in [4.69, 9.17) is 14.8 Å². The van der Waals surface area contributed by atoms with Crippen LogP contribution in [0, 0.1) is 5.92 Å². The topological polar surface area (TPSA) is 139 Å². The Bertz CT molecular complexity index is 1520. The number of piperidine rings is 2. The lowest BCUT2D eigenvalue weighted by molar-refractivity contribution is -0.0336. The standard InChI is InChI=1S/C28H36N8O4S/c1-28-9-13-34(14-10-28)26-18-22(32-41(38,39)17-15-37)6-7-25(26)36-20-24(31-33-36)23-8-11-29-27(30-23)35-12-2-4-21(19-35)5-3-16-40-28/h3,5-8,11,18,20-21,32,37H,2,4,9-10,12-17,19H2,1H3/b5-3-. The van der Waals surface area contributed by atoms with Crippen LogP contribution in [0.15, 0.2) is 48.8 Å². The molecular formula is C28H36N8O4S. The van der Waals surface area contributed by atoms with E-state index in [0.29, 0.717) is 35.5 Å². The van der Waals surface area contributed by atoms with Crippen molar-refractivity contribution in [1.82, 2.24) is 25.0 Å². The molecule has 0 aliphatic carbocycles. The van der Waals surface area contributed by atoms with Gasteiger partial charge in [-0.3, -0.25) is 4.72 Å². The number of aliphatic hydroxyl groups is 1. The first-order valence-corrected chi connectivity index (χ1v) is 15.8. The molecule has 4 aliphatic rings. The lowest BCUT2D eigenvalue weighted by Gasteiger charge is -2.40. The van der Waals surface area contributed by atoms with E-state index in [0.717, 1.165) is 63.2 Å². The van der Waals surface area contributed by atoms with E-state index < -0.39 is 16.6 Å². The molecule has 4 aliphatic heterocycles. The van der Waals surface area contributed by atoms with Gasteiger partial charge in [-0.2, -0.15) is 0 Å². The fourth-order valence-electron chi connectivity index (χ4n) is 5.74. The van der Waals surface area contributed by atoms with Gasteiger partial charge in [0, 0.05) is 32.4 Å². The van der Waals surface area contributed by atoms with Crippen LogP contribution in [0.5, 0.6) is 0 Å². The van der Waals surface area contributed by atoms with Crippen molar-refractivity contribution in [1.29, 1.82) is 0 Å². The number of sulfonamides is 1. The van der Waals surface area contributed by atoms with Crippen molar-refractivity contribution >= 4 is 27.3 Å². The third-order valence-corrected chi connectivity index (χ3v) is 9.36. The summed E-state index contributed by atoms with van der Waals surface area (Å²) >= 11 is 0. The molecule has 12 nitrogen and oxygen atoms in total. The summed E-state index contributed by atoms with van der Waals surface area (Å²) in [5.41, 5.74) is 3.08. The fraction of sp³-hybridized carbons (Fsp3) is 0.500.